The van der Waals surface area contributed by atoms with Crippen molar-refractivity contribution in [3.05, 3.63) is 64.7 Å². The number of para-hydroxylation sites is 1. The van der Waals surface area contributed by atoms with Crippen LogP contribution in [0.1, 0.15) is 18.1 Å². The van der Waals surface area contributed by atoms with Gasteiger partial charge in [0, 0.05) is 43.3 Å². The molecule has 0 radical (unpaired) electrons. The molecule has 0 spiro atoms. The maximum absolute atomic E-state index is 9.92. The molecule has 0 saturated carbocycles. The number of nitrogens with zero attached hydrogens (tertiary/aromatic N) is 3. The van der Waals surface area contributed by atoms with E-state index in [-0.39, 0.29) is 5.75 Å². The second kappa shape index (κ2) is 7.69. The Kier molecular flexibility index (Phi) is 5.38. The molecular weight excluding hydrogens is 322 g/mol. The van der Waals surface area contributed by atoms with E-state index in [0.717, 1.165) is 49.0 Å². The zero-order valence-corrected chi connectivity index (χ0v) is 14.6. The zero-order chi connectivity index (χ0) is 16.9. The molecule has 2 aromatic carbocycles. The maximum Gasteiger partial charge on any atom is 0.124 e. The van der Waals surface area contributed by atoms with Crippen LogP contribution in [0.15, 0.2) is 53.6 Å². The summed E-state index contributed by atoms with van der Waals surface area (Å²) < 4.78 is 0. The Hall–Kier alpha value is -2.04. The number of phenolic OH excluding ortho intramolecular Hbond substituents is 1. The summed E-state index contributed by atoms with van der Waals surface area (Å²) >= 11 is 5.93. The molecule has 0 aromatic heterocycles. The summed E-state index contributed by atoms with van der Waals surface area (Å²) in [6.45, 7) is 6.60. The zero-order valence-electron chi connectivity index (χ0n) is 13.8. The maximum atomic E-state index is 9.92. The van der Waals surface area contributed by atoms with Gasteiger partial charge in [0.1, 0.15) is 5.75 Å². The lowest BCUT2D eigenvalue weighted by molar-refractivity contribution is 0.130. The molecule has 0 bridgehead atoms. The summed E-state index contributed by atoms with van der Waals surface area (Å²) in [7, 11) is 0. The third kappa shape index (κ3) is 4.28. The molecule has 1 aliphatic heterocycles. The largest absolute Gasteiger partial charge is 0.507 e. The molecule has 0 unspecified atom stereocenters. The molecule has 1 N–H and O–H groups in total. The lowest BCUT2D eigenvalue weighted by atomic mass is 10.1. The molecule has 1 saturated heterocycles. The van der Waals surface area contributed by atoms with Gasteiger partial charge >= 0.3 is 0 Å². The average molecular weight is 344 g/mol. The third-order valence-corrected chi connectivity index (χ3v) is 4.51. The van der Waals surface area contributed by atoms with Crippen molar-refractivity contribution in [2.45, 2.75) is 13.5 Å². The molecule has 0 atom stereocenters. The lowest BCUT2D eigenvalue weighted by Gasteiger charge is -2.33. The summed E-state index contributed by atoms with van der Waals surface area (Å²) in [5.41, 5.74) is 2.92. The fourth-order valence-corrected chi connectivity index (χ4v) is 3.02. The standard InChI is InChI=1S/C19H22ClN3O/c1-15(18-4-2-3-5-19(18)24)21-23-12-10-22(11-13-23)14-16-6-8-17(20)9-7-16/h2-9,24H,10-14H2,1H3/b21-15+. The van der Waals surface area contributed by atoms with Crippen LogP contribution >= 0.6 is 11.6 Å². The van der Waals surface area contributed by atoms with Gasteiger partial charge < -0.3 is 5.11 Å². The second-order valence-corrected chi connectivity index (χ2v) is 6.50. The summed E-state index contributed by atoms with van der Waals surface area (Å²) in [5, 5.41) is 17.4. The molecule has 1 fully saturated rings. The lowest BCUT2D eigenvalue weighted by Crippen LogP contribution is -2.43. The van der Waals surface area contributed by atoms with Crippen LogP contribution in [0.4, 0.5) is 0 Å². The molecule has 1 aliphatic rings. The van der Waals surface area contributed by atoms with Crippen LogP contribution in [-0.2, 0) is 6.54 Å². The quantitative estimate of drug-likeness (QED) is 0.862. The minimum absolute atomic E-state index is 0.278. The highest BCUT2D eigenvalue weighted by Crippen LogP contribution is 2.18. The van der Waals surface area contributed by atoms with Crippen molar-refractivity contribution in [3.8, 4) is 5.75 Å². The van der Waals surface area contributed by atoms with Gasteiger partial charge in [-0.1, -0.05) is 35.9 Å². The number of hydrazone groups is 1. The first-order chi connectivity index (χ1) is 11.6. The van der Waals surface area contributed by atoms with E-state index in [1.807, 2.05) is 37.3 Å². The van der Waals surface area contributed by atoms with Crippen LogP contribution in [0.2, 0.25) is 5.02 Å². The van der Waals surface area contributed by atoms with Gasteiger partial charge in [-0.3, -0.25) is 9.91 Å². The van der Waals surface area contributed by atoms with Gasteiger partial charge in [-0.25, -0.2) is 0 Å². The SMILES string of the molecule is C/C(=N\N1CCN(Cc2ccc(Cl)cc2)CC1)c1ccccc1O. The van der Waals surface area contributed by atoms with E-state index in [0.29, 0.717) is 0 Å². The molecule has 0 amide bonds. The van der Waals surface area contributed by atoms with Crippen LogP contribution in [-0.4, -0.2) is 46.9 Å². The first-order valence-electron chi connectivity index (χ1n) is 8.17. The van der Waals surface area contributed by atoms with Crippen LogP contribution in [0, 0.1) is 0 Å². The fourth-order valence-electron chi connectivity index (χ4n) is 2.89. The number of hydrogen-bond donors (Lipinski definition) is 1. The molecule has 24 heavy (non-hydrogen) atoms. The highest BCUT2D eigenvalue weighted by molar-refractivity contribution is 6.30. The van der Waals surface area contributed by atoms with Gasteiger partial charge in [0.2, 0.25) is 0 Å². The molecule has 1 heterocycles. The van der Waals surface area contributed by atoms with Gasteiger partial charge in [0.05, 0.1) is 5.71 Å². The van der Waals surface area contributed by atoms with Gasteiger partial charge in [-0.05, 0) is 36.8 Å². The summed E-state index contributed by atoms with van der Waals surface area (Å²) in [6.07, 6.45) is 0. The Morgan fingerprint density at radius 3 is 2.38 bits per heavy atom. The summed E-state index contributed by atoms with van der Waals surface area (Å²) in [4.78, 5) is 2.42. The molecule has 126 valence electrons. The fraction of sp³-hybridized carbons (Fsp3) is 0.316. The molecular formula is C19H22ClN3O. The van der Waals surface area contributed by atoms with Gasteiger partial charge in [0.25, 0.3) is 0 Å². The van der Waals surface area contributed by atoms with Crippen molar-refractivity contribution in [3.63, 3.8) is 0 Å². The molecule has 0 aliphatic carbocycles. The van der Waals surface area contributed by atoms with E-state index in [9.17, 15) is 5.11 Å². The Balaban J connectivity index is 1.56. The van der Waals surface area contributed by atoms with Crippen LogP contribution in [0.5, 0.6) is 5.75 Å². The number of benzene rings is 2. The van der Waals surface area contributed by atoms with E-state index >= 15 is 0 Å². The van der Waals surface area contributed by atoms with Gasteiger partial charge in [-0.15, -0.1) is 0 Å². The Morgan fingerprint density at radius 1 is 1.04 bits per heavy atom. The van der Waals surface area contributed by atoms with Gasteiger partial charge in [0.15, 0.2) is 0 Å². The minimum Gasteiger partial charge on any atom is -0.507 e. The predicted molar refractivity (Wildman–Crippen MR) is 98.6 cm³/mol. The van der Waals surface area contributed by atoms with Crippen molar-refractivity contribution in [1.29, 1.82) is 0 Å². The Labute approximate surface area is 148 Å². The topological polar surface area (TPSA) is 39.1 Å². The van der Waals surface area contributed by atoms with Crippen molar-refractivity contribution in [1.82, 2.24) is 9.91 Å². The van der Waals surface area contributed by atoms with E-state index in [1.165, 1.54) is 5.56 Å². The molecule has 5 heteroatoms. The first-order valence-corrected chi connectivity index (χ1v) is 8.55. The average Bonchev–Trinajstić information content (AvgIpc) is 2.59. The monoisotopic (exact) mass is 343 g/mol. The minimum atomic E-state index is 0.278. The van der Waals surface area contributed by atoms with Crippen molar-refractivity contribution >= 4 is 17.3 Å². The summed E-state index contributed by atoms with van der Waals surface area (Å²) in [6, 6.07) is 15.4. The Morgan fingerprint density at radius 2 is 1.71 bits per heavy atom. The summed E-state index contributed by atoms with van der Waals surface area (Å²) in [5.74, 6) is 0.278. The van der Waals surface area contributed by atoms with E-state index in [1.54, 1.807) is 6.07 Å². The number of rotatable bonds is 4. The predicted octanol–water partition coefficient (Wildman–Crippen LogP) is 3.59. The number of aromatic hydroxyl groups is 1. The normalized spacial score (nSPS) is 16.4. The van der Waals surface area contributed by atoms with Crippen molar-refractivity contribution in [2.24, 2.45) is 5.10 Å². The smallest absolute Gasteiger partial charge is 0.124 e. The third-order valence-electron chi connectivity index (χ3n) is 4.25. The van der Waals surface area contributed by atoms with E-state index in [2.05, 4.69) is 27.1 Å². The highest BCUT2D eigenvalue weighted by atomic mass is 35.5. The number of piperazine rings is 1. The molecule has 4 nitrogen and oxygen atoms in total. The van der Waals surface area contributed by atoms with Crippen molar-refractivity contribution < 1.29 is 5.11 Å². The Bertz CT molecular complexity index is 707. The highest BCUT2D eigenvalue weighted by Gasteiger charge is 2.16. The first kappa shape index (κ1) is 16.8. The van der Waals surface area contributed by atoms with Crippen LogP contribution in [0.3, 0.4) is 0 Å². The van der Waals surface area contributed by atoms with E-state index in [4.69, 9.17) is 11.6 Å². The van der Waals surface area contributed by atoms with Gasteiger partial charge in [-0.2, -0.15) is 5.10 Å². The second-order valence-electron chi connectivity index (χ2n) is 6.06. The number of phenols is 1. The van der Waals surface area contributed by atoms with Crippen LogP contribution < -0.4 is 0 Å². The van der Waals surface area contributed by atoms with Crippen LogP contribution in [0.25, 0.3) is 0 Å². The van der Waals surface area contributed by atoms with Crippen molar-refractivity contribution in [2.75, 3.05) is 26.2 Å². The van der Waals surface area contributed by atoms with E-state index < -0.39 is 0 Å². The molecule has 3 rings (SSSR count). The number of hydrogen-bond acceptors (Lipinski definition) is 4. The number of halogens is 1. The molecule has 2 aromatic rings.